The van der Waals surface area contributed by atoms with E-state index in [1.165, 1.54) is 11.8 Å². The van der Waals surface area contributed by atoms with Gasteiger partial charge in [0.2, 0.25) is 0 Å². The second-order valence-electron chi connectivity index (χ2n) is 3.67. The molecule has 84 valence electrons. The number of fused-ring (bicyclic) bond motifs is 1. The van der Waals surface area contributed by atoms with Crippen LogP contribution in [0.4, 0.5) is 0 Å². The fourth-order valence-corrected chi connectivity index (χ4v) is 2.36. The molecule has 0 spiro atoms. The van der Waals surface area contributed by atoms with Crippen LogP contribution in [-0.4, -0.2) is 25.7 Å². The van der Waals surface area contributed by atoms with Crippen LogP contribution in [0.5, 0.6) is 0 Å². The van der Waals surface area contributed by atoms with Gasteiger partial charge in [-0.3, -0.25) is 4.40 Å². The Kier molecular flexibility index (Phi) is 2.87. The Morgan fingerprint density at radius 1 is 1.50 bits per heavy atom. The second kappa shape index (κ2) is 4.17. The highest BCUT2D eigenvalue weighted by Crippen LogP contribution is 2.26. The van der Waals surface area contributed by atoms with Crippen LogP contribution < -0.4 is 0 Å². The van der Waals surface area contributed by atoms with Crippen molar-refractivity contribution < 1.29 is 9.90 Å². The highest BCUT2D eigenvalue weighted by Gasteiger charge is 2.19. The molecule has 0 amide bonds. The average molecular weight is 236 g/mol. The molecule has 0 aromatic carbocycles. The normalized spacial score (nSPS) is 11.2. The zero-order valence-electron chi connectivity index (χ0n) is 9.04. The summed E-state index contributed by atoms with van der Waals surface area (Å²) in [5.74, 6) is -0.943. The number of hydrogen-bond donors (Lipinski definition) is 1. The predicted octanol–water partition coefficient (Wildman–Crippen LogP) is 2.53. The Labute approximate surface area is 97.3 Å². The fourth-order valence-electron chi connectivity index (χ4n) is 1.47. The minimum Gasteiger partial charge on any atom is -0.476 e. The molecule has 16 heavy (non-hydrogen) atoms. The van der Waals surface area contributed by atoms with Gasteiger partial charge in [-0.1, -0.05) is 19.9 Å². The van der Waals surface area contributed by atoms with Crippen LogP contribution in [0, 0.1) is 0 Å². The van der Waals surface area contributed by atoms with Crippen molar-refractivity contribution in [3.8, 4) is 0 Å². The summed E-state index contributed by atoms with van der Waals surface area (Å²) in [6.45, 7) is 4.03. The van der Waals surface area contributed by atoms with Gasteiger partial charge in [-0.2, -0.15) is 0 Å². The monoisotopic (exact) mass is 236 g/mol. The fraction of sp³-hybridized carbons (Fsp3) is 0.273. The van der Waals surface area contributed by atoms with Crippen molar-refractivity contribution in [3.63, 3.8) is 0 Å². The minimum atomic E-state index is -0.943. The van der Waals surface area contributed by atoms with Gasteiger partial charge in [-0.05, 0) is 12.1 Å². The Hall–Kier alpha value is -1.49. The van der Waals surface area contributed by atoms with Gasteiger partial charge in [0.15, 0.2) is 5.69 Å². The first-order valence-electron chi connectivity index (χ1n) is 4.96. The van der Waals surface area contributed by atoms with Crippen molar-refractivity contribution >= 4 is 23.4 Å². The van der Waals surface area contributed by atoms with Gasteiger partial charge < -0.3 is 5.11 Å². The Bertz CT molecular complexity index is 534. The molecule has 0 aliphatic heterocycles. The molecule has 0 atom stereocenters. The van der Waals surface area contributed by atoms with E-state index in [4.69, 9.17) is 0 Å². The summed E-state index contributed by atoms with van der Waals surface area (Å²) in [5, 5.41) is 10.1. The number of carboxylic acids is 1. The van der Waals surface area contributed by atoms with E-state index in [9.17, 15) is 9.90 Å². The molecule has 2 aromatic rings. The lowest BCUT2D eigenvalue weighted by Gasteiger charge is -2.02. The third-order valence-electron chi connectivity index (χ3n) is 2.05. The van der Waals surface area contributed by atoms with E-state index >= 15 is 0 Å². The number of hydrogen-bond acceptors (Lipinski definition) is 3. The number of thioether (sulfide) groups is 1. The Morgan fingerprint density at radius 2 is 2.25 bits per heavy atom. The summed E-state index contributed by atoms with van der Waals surface area (Å²) < 4.78 is 1.60. The van der Waals surface area contributed by atoms with E-state index in [-0.39, 0.29) is 5.69 Å². The molecule has 0 aliphatic carbocycles. The van der Waals surface area contributed by atoms with Gasteiger partial charge in [0.05, 0.1) is 0 Å². The molecule has 1 N–H and O–H groups in total. The quantitative estimate of drug-likeness (QED) is 0.832. The van der Waals surface area contributed by atoms with E-state index in [1.54, 1.807) is 22.7 Å². The number of pyridine rings is 1. The number of imidazole rings is 1. The van der Waals surface area contributed by atoms with Crippen molar-refractivity contribution in [1.82, 2.24) is 9.38 Å². The highest BCUT2D eigenvalue weighted by atomic mass is 32.2. The lowest BCUT2D eigenvalue weighted by molar-refractivity contribution is 0.0685. The predicted molar refractivity (Wildman–Crippen MR) is 63.1 cm³/mol. The maximum atomic E-state index is 11.2. The molecule has 5 heteroatoms. The molecular weight excluding hydrogens is 224 g/mol. The SMILES string of the molecule is CC(C)Sc1nc2ccccn2c1C(=O)O. The third-order valence-corrected chi connectivity index (χ3v) is 3.03. The van der Waals surface area contributed by atoms with Crippen LogP contribution in [0.15, 0.2) is 29.4 Å². The van der Waals surface area contributed by atoms with E-state index < -0.39 is 5.97 Å². The Balaban J connectivity index is 2.63. The summed E-state index contributed by atoms with van der Waals surface area (Å²) in [7, 11) is 0. The van der Waals surface area contributed by atoms with Crippen LogP contribution in [0.2, 0.25) is 0 Å². The molecule has 2 rings (SSSR count). The first kappa shape index (κ1) is 11.0. The number of aromatic nitrogens is 2. The van der Waals surface area contributed by atoms with Crippen LogP contribution in [-0.2, 0) is 0 Å². The summed E-state index contributed by atoms with van der Waals surface area (Å²) >= 11 is 1.47. The molecular formula is C11H12N2O2S. The van der Waals surface area contributed by atoms with E-state index in [2.05, 4.69) is 4.98 Å². The number of aromatic carboxylic acids is 1. The van der Waals surface area contributed by atoms with Gasteiger partial charge in [-0.15, -0.1) is 11.8 Å². The van der Waals surface area contributed by atoms with Crippen LogP contribution >= 0.6 is 11.8 Å². The third kappa shape index (κ3) is 1.90. The molecule has 0 bridgehead atoms. The summed E-state index contributed by atoms with van der Waals surface area (Å²) in [4.78, 5) is 15.5. The van der Waals surface area contributed by atoms with E-state index in [0.717, 1.165) is 0 Å². The zero-order chi connectivity index (χ0) is 11.7. The van der Waals surface area contributed by atoms with E-state index in [0.29, 0.717) is 15.9 Å². The molecule has 2 aromatic heterocycles. The minimum absolute atomic E-state index is 0.245. The number of rotatable bonds is 3. The summed E-state index contributed by atoms with van der Waals surface area (Å²) in [5.41, 5.74) is 0.914. The molecule has 2 heterocycles. The number of carbonyl (C=O) groups is 1. The van der Waals surface area contributed by atoms with Crippen molar-refractivity contribution in [1.29, 1.82) is 0 Å². The largest absolute Gasteiger partial charge is 0.476 e. The van der Waals surface area contributed by atoms with Crippen molar-refractivity contribution in [2.45, 2.75) is 24.1 Å². The Morgan fingerprint density at radius 3 is 2.88 bits per heavy atom. The molecule has 4 nitrogen and oxygen atoms in total. The first-order chi connectivity index (χ1) is 7.59. The molecule has 0 radical (unpaired) electrons. The van der Waals surface area contributed by atoms with Crippen LogP contribution in [0.25, 0.3) is 5.65 Å². The van der Waals surface area contributed by atoms with Crippen molar-refractivity contribution in [3.05, 3.63) is 30.1 Å². The van der Waals surface area contributed by atoms with E-state index in [1.807, 2.05) is 19.9 Å². The van der Waals surface area contributed by atoms with Crippen molar-refractivity contribution in [2.75, 3.05) is 0 Å². The molecule has 0 aliphatic rings. The van der Waals surface area contributed by atoms with Crippen LogP contribution in [0.1, 0.15) is 24.3 Å². The number of nitrogens with zero attached hydrogens (tertiary/aromatic N) is 2. The molecule has 0 fully saturated rings. The molecule has 0 saturated heterocycles. The smallest absolute Gasteiger partial charge is 0.355 e. The second-order valence-corrected chi connectivity index (χ2v) is 5.23. The van der Waals surface area contributed by atoms with Crippen LogP contribution in [0.3, 0.4) is 0 Å². The van der Waals surface area contributed by atoms with Gasteiger partial charge in [0.25, 0.3) is 0 Å². The summed E-state index contributed by atoms with van der Waals surface area (Å²) in [6, 6.07) is 5.44. The maximum absolute atomic E-state index is 11.2. The average Bonchev–Trinajstić information content (AvgIpc) is 2.53. The van der Waals surface area contributed by atoms with Gasteiger partial charge in [0, 0.05) is 11.4 Å². The summed E-state index contributed by atoms with van der Waals surface area (Å²) in [6.07, 6.45) is 1.72. The standard InChI is InChI=1S/C11H12N2O2S/c1-7(2)16-10-9(11(14)15)13-6-4-3-5-8(13)12-10/h3-7H,1-2H3,(H,14,15). The first-order valence-corrected chi connectivity index (χ1v) is 5.84. The molecule has 0 unspecified atom stereocenters. The van der Waals surface area contributed by atoms with Gasteiger partial charge in [0.1, 0.15) is 10.7 Å². The van der Waals surface area contributed by atoms with Gasteiger partial charge in [-0.25, -0.2) is 9.78 Å². The van der Waals surface area contributed by atoms with Gasteiger partial charge >= 0.3 is 5.97 Å². The lowest BCUT2D eigenvalue weighted by Crippen LogP contribution is -2.03. The number of carboxylic acid groups (broad SMARTS) is 1. The molecule has 0 saturated carbocycles. The zero-order valence-corrected chi connectivity index (χ0v) is 9.86. The highest BCUT2D eigenvalue weighted by molar-refractivity contribution is 7.99. The topological polar surface area (TPSA) is 54.6 Å². The maximum Gasteiger partial charge on any atom is 0.355 e. The van der Waals surface area contributed by atoms with Crippen molar-refractivity contribution in [2.24, 2.45) is 0 Å². The lowest BCUT2D eigenvalue weighted by atomic mass is 10.4.